The number of nitrogens with zero attached hydrogens (tertiary/aromatic N) is 1. The molecule has 0 radical (unpaired) electrons. The van der Waals surface area contributed by atoms with Crippen LogP contribution in [-0.4, -0.2) is 30.8 Å². The Labute approximate surface area is 87.0 Å². The van der Waals surface area contributed by atoms with E-state index in [0.717, 1.165) is 0 Å². The van der Waals surface area contributed by atoms with Crippen molar-refractivity contribution in [3.63, 3.8) is 0 Å². The number of ether oxygens (including phenoxy) is 3. The Kier molecular flexibility index (Phi) is 2.71. The fraction of sp³-hybridized carbons (Fsp3) is 0.400. The maximum atomic E-state index is 11.5. The first kappa shape index (κ1) is 9.76. The van der Waals surface area contributed by atoms with E-state index in [1.807, 2.05) is 0 Å². The number of hydrogen-bond acceptors (Lipinski definition) is 5. The van der Waals surface area contributed by atoms with E-state index >= 15 is 0 Å². The molecule has 1 aromatic heterocycles. The quantitative estimate of drug-likeness (QED) is 0.681. The van der Waals surface area contributed by atoms with Gasteiger partial charge in [0.1, 0.15) is 18.8 Å². The lowest BCUT2D eigenvalue weighted by Crippen LogP contribution is -2.19. The van der Waals surface area contributed by atoms with Crippen molar-refractivity contribution in [2.75, 3.05) is 19.8 Å². The molecule has 2 heterocycles. The Bertz CT molecular complexity index is 378. The van der Waals surface area contributed by atoms with Crippen LogP contribution in [0.1, 0.15) is 17.3 Å². The van der Waals surface area contributed by atoms with Gasteiger partial charge in [-0.15, -0.1) is 0 Å². The van der Waals surface area contributed by atoms with Gasteiger partial charge in [0.15, 0.2) is 5.75 Å². The van der Waals surface area contributed by atoms with E-state index in [9.17, 15) is 4.79 Å². The van der Waals surface area contributed by atoms with Crippen molar-refractivity contribution >= 4 is 5.97 Å². The highest BCUT2D eigenvalue weighted by atomic mass is 16.6. The smallest absolute Gasteiger partial charge is 0.342 e. The van der Waals surface area contributed by atoms with E-state index < -0.39 is 5.97 Å². The van der Waals surface area contributed by atoms with Gasteiger partial charge in [0.05, 0.1) is 6.61 Å². The molecule has 2 rings (SSSR count). The Hall–Kier alpha value is -1.78. The maximum absolute atomic E-state index is 11.5. The first-order chi connectivity index (χ1) is 7.33. The highest BCUT2D eigenvalue weighted by Crippen LogP contribution is 2.31. The molecule has 0 unspecified atom stereocenters. The molecule has 0 aliphatic carbocycles. The van der Waals surface area contributed by atoms with Gasteiger partial charge in [-0.2, -0.15) is 0 Å². The summed E-state index contributed by atoms with van der Waals surface area (Å²) in [6.07, 6.45) is 1.50. The minimum atomic E-state index is -0.415. The van der Waals surface area contributed by atoms with Crippen LogP contribution in [0.3, 0.4) is 0 Å². The van der Waals surface area contributed by atoms with Gasteiger partial charge in [-0.25, -0.2) is 9.78 Å². The third-order valence-corrected chi connectivity index (χ3v) is 1.94. The van der Waals surface area contributed by atoms with E-state index in [1.54, 1.807) is 13.0 Å². The molecule has 1 aromatic rings. The fourth-order valence-corrected chi connectivity index (χ4v) is 1.32. The van der Waals surface area contributed by atoms with Crippen LogP contribution in [0.4, 0.5) is 0 Å². The summed E-state index contributed by atoms with van der Waals surface area (Å²) in [5, 5.41) is 0. The highest BCUT2D eigenvalue weighted by Gasteiger charge is 2.22. The van der Waals surface area contributed by atoms with E-state index in [4.69, 9.17) is 14.2 Å². The SMILES string of the molecule is CCOC(=O)c1ccnc2c1OCCO2. The lowest BCUT2D eigenvalue weighted by Gasteiger charge is -2.18. The first-order valence-corrected chi connectivity index (χ1v) is 4.74. The molecule has 80 valence electrons. The summed E-state index contributed by atoms with van der Waals surface area (Å²) in [6, 6.07) is 1.56. The third-order valence-electron chi connectivity index (χ3n) is 1.94. The normalized spacial score (nSPS) is 13.4. The minimum absolute atomic E-state index is 0.330. The summed E-state index contributed by atoms with van der Waals surface area (Å²) < 4.78 is 15.5. The second-order valence-electron chi connectivity index (χ2n) is 2.91. The van der Waals surface area contributed by atoms with Crippen molar-refractivity contribution < 1.29 is 19.0 Å². The van der Waals surface area contributed by atoms with E-state index in [2.05, 4.69) is 4.98 Å². The number of esters is 1. The molecule has 15 heavy (non-hydrogen) atoms. The molecular formula is C10H11NO4. The minimum Gasteiger partial charge on any atom is -0.484 e. The lowest BCUT2D eigenvalue weighted by atomic mass is 10.2. The van der Waals surface area contributed by atoms with Crippen LogP contribution < -0.4 is 9.47 Å². The largest absolute Gasteiger partial charge is 0.484 e. The fourth-order valence-electron chi connectivity index (χ4n) is 1.32. The Balaban J connectivity index is 2.34. The molecule has 1 aliphatic rings. The molecule has 0 amide bonds. The van der Waals surface area contributed by atoms with Crippen molar-refractivity contribution in [2.45, 2.75) is 6.92 Å². The number of carbonyl (C=O) groups excluding carboxylic acids is 1. The molecule has 0 atom stereocenters. The molecule has 0 saturated heterocycles. The molecule has 0 saturated carbocycles. The maximum Gasteiger partial charge on any atom is 0.342 e. The summed E-state index contributed by atoms with van der Waals surface area (Å²) in [5.74, 6) is 0.315. The van der Waals surface area contributed by atoms with Gasteiger partial charge in [0.2, 0.25) is 0 Å². The van der Waals surface area contributed by atoms with E-state index in [-0.39, 0.29) is 0 Å². The zero-order chi connectivity index (χ0) is 10.7. The van der Waals surface area contributed by atoms with Crippen LogP contribution in [0, 0.1) is 0 Å². The summed E-state index contributed by atoms with van der Waals surface area (Å²) in [5.41, 5.74) is 0.363. The molecular weight excluding hydrogens is 198 g/mol. The number of fused-ring (bicyclic) bond motifs is 1. The molecule has 5 nitrogen and oxygen atoms in total. The van der Waals surface area contributed by atoms with Crippen molar-refractivity contribution in [3.8, 4) is 11.6 Å². The van der Waals surface area contributed by atoms with E-state index in [1.165, 1.54) is 6.20 Å². The molecule has 5 heteroatoms. The van der Waals surface area contributed by atoms with Gasteiger partial charge >= 0.3 is 5.97 Å². The van der Waals surface area contributed by atoms with Gasteiger partial charge in [0.25, 0.3) is 5.88 Å². The standard InChI is InChI=1S/C10H11NO4/c1-2-13-10(12)7-3-4-11-9-8(7)14-5-6-15-9/h3-4H,2,5-6H2,1H3. The average molecular weight is 209 g/mol. The van der Waals surface area contributed by atoms with Gasteiger partial charge in [-0.05, 0) is 13.0 Å². The molecule has 0 N–H and O–H groups in total. The van der Waals surface area contributed by atoms with Crippen LogP contribution in [0.2, 0.25) is 0 Å². The van der Waals surface area contributed by atoms with E-state index in [0.29, 0.717) is 37.0 Å². The summed E-state index contributed by atoms with van der Waals surface area (Å²) in [7, 11) is 0. The van der Waals surface area contributed by atoms with Gasteiger partial charge in [0, 0.05) is 6.20 Å². The predicted octanol–water partition coefficient (Wildman–Crippen LogP) is 1.03. The zero-order valence-corrected chi connectivity index (χ0v) is 8.36. The average Bonchev–Trinajstić information content (AvgIpc) is 2.28. The topological polar surface area (TPSA) is 57.7 Å². The van der Waals surface area contributed by atoms with Crippen molar-refractivity contribution in [1.82, 2.24) is 4.98 Å². The first-order valence-electron chi connectivity index (χ1n) is 4.74. The Morgan fingerprint density at radius 3 is 3.13 bits per heavy atom. The summed E-state index contributed by atoms with van der Waals surface area (Å²) >= 11 is 0. The highest BCUT2D eigenvalue weighted by molar-refractivity contribution is 5.93. The zero-order valence-electron chi connectivity index (χ0n) is 8.36. The van der Waals surface area contributed by atoms with Gasteiger partial charge < -0.3 is 14.2 Å². The number of pyridine rings is 1. The number of carbonyl (C=O) groups is 1. The second kappa shape index (κ2) is 4.16. The molecule has 0 fully saturated rings. The van der Waals surface area contributed by atoms with Crippen molar-refractivity contribution in [1.29, 1.82) is 0 Å². The molecule has 1 aliphatic heterocycles. The number of hydrogen-bond donors (Lipinski definition) is 0. The summed E-state index contributed by atoms with van der Waals surface area (Å²) in [6.45, 7) is 2.96. The van der Waals surface area contributed by atoms with Crippen LogP contribution in [0.25, 0.3) is 0 Å². The number of rotatable bonds is 2. The third kappa shape index (κ3) is 1.86. The lowest BCUT2D eigenvalue weighted by molar-refractivity contribution is 0.0515. The monoisotopic (exact) mass is 209 g/mol. The van der Waals surface area contributed by atoms with Gasteiger partial charge in [-0.3, -0.25) is 0 Å². The second-order valence-corrected chi connectivity index (χ2v) is 2.91. The van der Waals surface area contributed by atoms with Crippen molar-refractivity contribution in [2.24, 2.45) is 0 Å². The molecule has 0 aromatic carbocycles. The van der Waals surface area contributed by atoms with Crippen LogP contribution in [0.5, 0.6) is 11.6 Å². The predicted molar refractivity (Wildman–Crippen MR) is 51.2 cm³/mol. The molecule has 0 spiro atoms. The van der Waals surface area contributed by atoms with Crippen LogP contribution in [-0.2, 0) is 4.74 Å². The summed E-state index contributed by atoms with van der Waals surface area (Å²) in [4.78, 5) is 15.5. The Morgan fingerprint density at radius 2 is 2.33 bits per heavy atom. The van der Waals surface area contributed by atoms with Crippen LogP contribution in [0.15, 0.2) is 12.3 Å². The van der Waals surface area contributed by atoms with Crippen LogP contribution >= 0.6 is 0 Å². The van der Waals surface area contributed by atoms with Gasteiger partial charge in [-0.1, -0.05) is 0 Å². The van der Waals surface area contributed by atoms with Crippen molar-refractivity contribution in [3.05, 3.63) is 17.8 Å². The number of aromatic nitrogens is 1. The molecule has 0 bridgehead atoms. The Morgan fingerprint density at radius 1 is 1.53 bits per heavy atom.